The van der Waals surface area contributed by atoms with Crippen molar-refractivity contribution >= 4 is 11.8 Å². The highest BCUT2D eigenvalue weighted by atomic mass is 19.1. The second kappa shape index (κ2) is 7.51. The smallest absolute Gasteiger partial charge is 0.228 e. The summed E-state index contributed by atoms with van der Waals surface area (Å²) in [5.74, 6) is -0.555. The number of carbonyl (C=O) groups excluding carboxylic acids is 2. The van der Waals surface area contributed by atoms with E-state index in [2.05, 4.69) is 0 Å². The van der Waals surface area contributed by atoms with Gasteiger partial charge in [0.1, 0.15) is 5.82 Å². The monoisotopic (exact) mass is 366 g/mol. The molecular weight excluding hydrogens is 343 g/mol. The summed E-state index contributed by atoms with van der Waals surface area (Å²) in [6.07, 6.45) is 2.23. The first-order valence-electron chi connectivity index (χ1n) is 9.47. The van der Waals surface area contributed by atoms with Crippen LogP contribution in [-0.2, 0) is 22.7 Å². The molecule has 2 fully saturated rings. The van der Waals surface area contributed by atoms with Crippen LogP contribution in [0.25, 0.3) is 0 Å². The van der Waals surface area contributed by atoms with Gasteiger partial charge in [-0.15, -0.1) is 0 Å². The fourth-order valence-electron chi connectivity index (χ4n) is 3.73. The number of hydrogen-bond acceptors (Lipinski definition) is 2. The van der Waals surface area contributed by atoms with Gasteiger partial charge in [-0.1, -0.05) is 42.5 Å². The third-order valence-electron chi connectivity index (χ3n) is 5.29. The third-order valence-corrected chi connectivity index (χ3v) is 5.29. The Labute approximate surface area is 158 Å². The molecule has 4 rings (SSSR count). The molecule has 0 bridgehead atoms. The first-order chi connectivity index (χ1) is 13.1. The second-order valence-electron chi connectivity index (χ2n) is 7.49. The Morgan fingerprint density at radius 3 is 2.52 bits per heavy atom. The van der Waals surface area contributed by atoms with Gasteiger partial charge in [0.2, 0.25) is 11.8 Å². The van der Waals surface area contributed by atoms with Crippen LogP contribution in [0.4, 0.5) is 4.39 Å². The van der Waals surface area contributed by atoms with Gasteiger partial charge in [0.05, 0.1) is 5.92 Å². The second-order valence-corrected chi connectivity index (χ2v) is 7.49. The zero-order chi connectivity index (χ0) is 18.8. The molecule has 140 valence electrons. The zero-order valence-corrected chi connectivity index (χ0v) is 15.2. The molecule has 27 heavy (non-hydrogen) atoms. The number of halogens is 1. The highest BCUT2D eigenvalue weighted by Gasteiger charge is 2.40. The van der Waals surface area contributed by atoms with Crippen LogP contribution < -0.4 is 0 Å². The first-order valence-corrected chi connectivity index (χ1v) is 9.47. The number of hydrogen-bond donors (Lipinski definition) is 0. The molecule has 5 heteroatoms. The SMILES string of the molecule is O=C1CC(C(=O)N(Cc2cccc(F)c2)C2CC2)CN1Cc1ccccc1. The molecule has 2 aliphatic rings. The third kappa shape index (κ3) is 4.18. The first kappa shape index (κ1) is 17.7. The fraction of sp³-hybridized carbons (Fsp3) is 0.364. The molecule has 2 amide bonds. The van der Waals surface area contributed by atoms with E-state index in [0.29, 0.717) is 19.6 Å². The lowest BCUT2D eigenvalue weighted by atomic mass is 10.1. The molecule has 0 radical (unpaired) electrons. The maximum atomic E-state index is 13.5. The molecular formula is C22H23FN2O2. The lowest BCUT2D eigenvalue weighted by Gasteiger charge is -2.26. The zero-order valence-electron chi connectivity index (χ0n) is 15.2. The van der Waals surface area contributed by atoms with Crippen LogP contribution >= 0.6 is 0 Å². The van der Waals surface area contributed by atoms with E-state index >= 15 is 0 Å². The van der Waals surface area contributed by atoms with Crippen molar-refractivity contribution in [2.24, 2.45) is 5.92 Å². The molecule has 1 saturated carbocycles. The molecule has 1 saturated heterocycles. The molecule has 1 aliphatic carbocycles. The summed E-state index contributed by atoms with van der Waals surface area (Å²) < 4.78 is 13.5. The van der Waals surface area contributed by atoms with Gasteiger partial charge in [-0.05, 0) is 36.1 Å². The quantitative estimate of drug-likeness (QED) is 0.787. The fourth-order valence-corrected chi connectivity index (χ4v) is 3.73. The minimum Gasteiger partial charge on any atom is -0.338 e. The summed E-state index contributed by atoms with van der Waals surface area (Å²) in [7, 11) is 0. The van der Waals surface area contributed by atoms with Crippen LogP contribution in [0.15, 0.2) is 54.6 Å². The number of rotatable bonds is 6. The Bertz CT molecular complexity index is 835. The van der Waals surface area contributed by atoms with Gasteiger partial charge in [0, 0.05) is 32.1 Å². The van der Waals surface area contributed by atoms with E-state index in [1.54, 1.807) is 11.0 Å². The van der Waals surface area contributed by atoms with Crippen molar-refractivity contribution in [1.82, 2.24) is 9.80 Å². The Morgan fingerprint density at radius 2 is 1.81 bits per heavy atom. The van der Waals surface area contributed by atoms with Crippen LogP contribution in [0.2, 0.25) is 0 Å². The normalized spacial score (nSPS) is 19.4. The number of benzene rings is 2. The minimum atomic E-state index is -0.310. The molecule has 0 aromatic heterocycles. The van der Waals surface area contributed by atoms with Gasteiger partial charge in [0.25, 0.3) is 0 Å². The Kier molecular flexibility index (Phi) is 4.92. The number of nitrogens with zero attached hydrogens (tertiary/aromatic N) is 2. The lowest BCUT2D eigenvalue weighted by molar-refractivity contribution is -0.137. The summed E-state index contributed by atoms with van der Waals surface area (Å²) in [4.78, 5) is 29.1. The maximum Gasteiger partial charge on any atom is 0.228 e. The molecule has 2 aromatic carbocycles. The summed E-state index contributed by atoms with van der Waals surface area (Å²) >= 11 is 0. The number of amides is 2. The summed E-state index contributed by atoms with van der Waals surface area (Å²) in [5.41, 5.74) is 1.86. The average Bonchev–Trinajstić information content (AvgIpc) is 3.44. The Balaban J connectivity index is 1.43. The van der Waals surface area contributed by atoms with Gasteiger partial charge >= 0.3 is 0 Å². The van der Waals surface area contributed by atoms with Crippen LogP contribution in [0.1, 0.15) is 30.4 Å². The van der Waals surface area contributed by atoms with Crippen LogP contribution in [0, 0.1) is 11.7 Å². The van der Waals surface area contributed by atoms with Gasteiger partial charge in [-0.25, -0.2) is 4.39 Å². The molecule has 1 heterocycles. The standard InChI is InChI=1S/C22H23FN2O2/c23-19-8-4-7-17(11-19)14-25(20-9-10-20)22(27)18-12-21(26)24(15-18)13-16-5-2-1-3-6-16/h1-8,11,18,20H,9-10,12-15H2. The average molecular weight is 366 g/mol. The molecule has 0 spiro atoms. The Morgan fingerprint density at radius 1 is 1.07 bits per heavy atom. The van der Waals surface area contributed by atoms with Gasteiger partial charge in [-0.3, -0.25) is 9.59 Å². The summed E-state index contributed by atoms with van der Waals surface area (Å²) in [5, 5.41) is 0. The predicted octanol–water partition coefficient (Wildman–Crippen LogP) is 3.37. The topological polar surface area (TPSA) is 40.6 Å². The van der Waals surface area contributed by atoms with E-state index in [-0.39, 0.29) is 36.0 Å². The maximum absolute atomic E-state index is 13.5. The van der Waals surface area contributed by atoms with Gasteiger partial charge < -0.3 is 9.80 Å². The minimum absolute atomic E-state index is 0.0191. The van der Waals surface area contributed by atoms with Crippen LogP contribution in [0.5, 0.6) is 0 Å². The Hall–Kier alpha value is -2.69. The van der Waals surface area contributed by atoms with Crippen molar-refractivity contribution in [3.63, 3.8) is 0 Å². The van der Waals surface area contributed by atoms with E-state index in [4.69, 9.17) is 0 Å². The van der Waals surface area contributed by atoms with Gasteiger partial charge in [0.15, 0.2) is 0 Å². The van der Waals surface area contributed by atoms with Gasteiger partial charge in [-0.2, -0.15) is 0 Å². The van der Waals surface area contributed by atoms with E-state index in [1.807, 2.05) is 41.3 Å². The number of likely N-dealkylation sites (tertiary alicyclic amines) is 1. The lowest BCUT2D eigenvalue weighted by Crippen LogP contribution is -2.38. The van der Waals surface area contributed by atoms with Crippen LogP contribution in [-0.4, -0.2) is 34.2 Å². The molecule has 4 nitrogen and oxygen atoms in total. The summed E-state index contributed by atoms with van der Waals surface area (Å²) in [6.45, 7) is 1.40. The molecule has 0 N–H and O–H groups in total. The summed E-state index contributed by atoms with van der Waals surface area (Å²) in [6, 6.07) is 16.4. The molecule has 1 aliphatic heterocycles. The largest absolute Gasteiger partial charge is 0.338 e. The van der Waals surface area contributed by atoms with E-state index in [9.17, 15) is 14.0 Å². The van der Waals surface area contributed by atoms with E-state index in [0.717, 1.165) is 24.0 Å². The van der Waals surface area contributed by atoms with Crippen molar-refractivity contribution in [3.8, 4) is 0 Å². The van der Waals surface area contributed by atoms with E-state index < -0.39 is 0 Å². The van der Waals surface area contributed by atoms with Crippen molar-refractivity contribution in [1.29, 1.82) is 0 Å². The predicted molar refractivity (Wildman–Crippen MR) is 99.9 cm³/mol. The van der Waals surface area contributed by atoms with Crippen molar-refractivity contribution in [3.05, 3.63) is 71.5 Å². The molecule has 2 aromatic rings. The highest BCUT2D eigenvalue weighted by molar-refractivity contribution is 5.89. The van der Waals surface area contributed by atoms with Crippen LogP contribution in [0.3, 0.4) is 0 Å². The molecule has 1 atom stereocenters. The number of carbonyl (C=O) groups is 2. The van der Waals surface area contributed by atoms with Crippen molar-refractivity contribution in [2.75, 3.05) is 6.54 Å². The molecule has 1 unspecified atom stereocenters. The van der Waals surface area contributed by atoms with Crippen molar-refractivity contribution < 1.29 is 14.0 Å². The van der Waals surface area contributed by atoms with Crippen molar-refractivity contribution in [2.45, 2.75) is 38.4 Å². The highest BCUT2D eigenvalue weighted by Crippen LogP contribution is 2.32. The van der Waals surface area contributed by atoms with E-state index in [1.165, 1.54) is 12.1 Å².